The maximum absolute atomic E-state index is 6.09. The number of nitrogens with one attached hydrogen (secondary N) is 1. The van der Waals surface area contributed by atoms with Crippen LogP contribution in [-0.4, -0.2) is 48.7 Å². The lowest BCUT2D eigenvalue weighted by atomic mass is 9.54. The summed E-state index contributed by atoms with van der Waals surface area (Å²) in [5.74, 6) is 1.65. The number of aromatic nitrogens is 1. The molecule has 3 fully saturated rings. The number of nitrogens with zero attached hydrogens (tertiary/aromatic N) is 3. The van der Waals surface area contributed by atoms with Crippen molar-refractivity contribution in [2.24, 2.45) is 16.3 Å². The molecular formula is C18H28N4OS. The molecule has 132 valence electrons. The standard InChI is InChI=1S/C18H28N4OS/c1-12-20-13(11-24-12)10-22(3)17(19-2)21-15-14-6-9-23-16(14)18(15)7-4-5-8-18/h11,14-16H,4-10H2,1-3H3,(H,19,21). The van der Waals surface area contributed by atoms with Gasteiger partial charge in [0.2, 0.25) is 0 Å². The molecule has 3 aliphatic rings. The Labute approximate surface area is 148 Å². The van der Waals surface area contributed by atoms with Gasteiger partial charge in [0.05, 0.1) is 23.4 Å². The smallest absolute Gasteiger partial charge is 0.193 e. The van der Waals surface area contributed by atoms with Crippen LogP contribution in [-0.2, 0) is 11.3 Å². The van der Waals surface area contributed by atoms with E-state index in [-0.39, 0.29) is 0 Å². The van der Waals surface area contributed by atoms with Gasteiger partial charge in [-0.05, 0) is 26.2 Å². The molecule has 5 nitrogen and oxygen atoms in total. The first kappa shape index (κ1) is 16.3. The van der Waals surface area contributed by atoms with E-state index in [1.54, 1.807) is 11.3 Å². The summed E-state index contributed by atoms with van der Waals surface area (Å²) >= 11 is 1.71. The average Bonchev–Trinajstić information content (AvgIpc) is 3.27. The van der Waals surface area contributed by atoms with E-state index < -0.39 is 0 Å². The quantitative estimate of drug-likeness (QED) is 0.674. The molecule has 0 amide bonds. The molecule has 1 aromatic rings. The van der Waals surface area contributed by atoms with Crippen molar-refractivity contribution in [3.05, 3.63) is 16.1 Å². The van der Waals surface area contributed by atoms with Gasteiger partial charge in [-0.15, -0.1) is 11.3 Å². The zero-order valence-corrected chi connectivity index (χ0v) is 15.7. The molecule has 1 aromatic heterocycles. The Kier molecular flexibility index (Phi) is 4.29. The van der Waals surface area contributed by atoms with Gasteiger partial charge in [-0.1, -0.05) is 12.8 Å². The number of thiazole rings is 1. The molecule has 2 aliphatic carbocycles. The Morgan fingerprint density at radius 2 is 2.29 bits per heavy atom. The number of guanidine groups is 1. The zero-order chi connectivity index (χ0) is 16.7. The Morgan fingerprint density at radius 3 is 2.96 bits per heavy atom. The van der Waals surface area contributed by atoms with Crippen molar-refractivity contribution in [1.29, 1.82) is 0 Å². The van der Waals surface area contributed by atoms with Crippen LogP contribution in [0, 0.1) is 18.3 Å². The van der Waals surface area contributed by atoms with E-state index in [0.717, 1.165) is 29.8 Å². The molecular weight excluding hydrogens is 320 g/mol. The summed E-state index contributed by atoms with van der Waals surface area (Å²) in [7, 11) is 3.99. The maximum atomic E-state index is 6.09. The van der Waals surface area contributed by atoms with Crippen molar-refractivity contribution in [3.8, 4) is 0 Å². The molecule has 3 unspecified atom stereocenters. The molecule has 1 saturated heterocycles. The Balaban J connectivity index is 1.46. The van der Waals surface area contributed by atoms with Crippen molar-refractivity contribution < 1.29 is 4.74 Å². The Hall–Kier alpha value is -1.14. The predicted octanol–water partition coefficient (Wildman–Crippen LogP) is 2.81. The number of hydrogen-bond donors (Lipinski definition) is 1. The Morgan fingerprint density at radius 1 is 1.50 bits per heavy atom. The number of ether oxygens (including phenoxy) is 1. The Bertz CT molecular complexity index is 622. The molecule has 2 saturated carbocycles. The van der Waals surface area contributed by atoms with E-state index >= 15 is 0 Å². The van der Waals surface area contributed by atoms with Gasteiger partial charge in [0.15, 0.2) is 5.96 Å². The second-order valence-electron chi connectivity index (χ2n) is 7.57. The summed E-state index contributed by atoms with van der Waals surface area (Å²) in [5, 5.41) is 7.07. The third-order valence-electron chi connectivity index (χ3n) is 6.21. The van der Waals surface area contributed by atoms with Gasteiger partial charge >= 0.3 is 0 Å². The zero-order valence-electron chi connectivity index (χ0n) is 14.9. The lowest BCUT2D eigenvalue weighted by Gasteiger charge is -2.57. The van der Waals surface area contributed by atoms with Crippen molar-refractivity contribution >= 4 is 17.3 Å². The van der Waals surface area contributed by atoms with E-state index in [1.807, 2.05) is 7.05 Å². The summed E-state index contributed by atoms with van der Waals surface area (Å²) in [6.07, 6.45) is 6.97. The van der Waals surface area contributed by atoms with Crippen LogP contribution in [0.4, 0.5) is 0 Å². The van der Waals surface area contributed by atoms with Crippen molar-refractivity contribution in [2.45, 2.75) is 57.7 Å². The van der Waals surface area contributed by atoms with Crippen LogP contribution < -0.4 is 5.32 Å². The van der Waals surface area contributed by atoms with Crippen LogP contribution in [0.25, 0.3) is 0 Å². The van der Waals surface area contributed by atoms with Crippen LogP contribution in [0.15, 0.2) is 10.4 Å². The first-order valence-corrected chi connectivity index (χ1v) is 9.99. The summed E-state index contributed by atoms with van der Waals surface area (Å²) in [6.45, 7) is 3.79. The number of fused-ring (bicyclic) bond motifs is 2. The molecule has 0 radical (unpaired) electrons. The van der Waals surface area contributed by atoms with E-state index in [2.05, 4.69) is 39.5 Å². The fraction of sp³-hybridized carbons (Fsp3) is 0.778. The molecule has 0 bridgehead atoms. The fourth-order valence-electron chi connectivity index (χ4n) is 5.19. The first-order valence-electron chi connectivity index (χ1n) is 9.11. The molecule has 6 heteroatoms. The average molecular weight is 349 g/mol. The summed E-state index contributed by atoms with van der Waals surface area (Å²) < 4.78 is 6.09. The van der Waals surface area contributed by atoms with E-state index in [4.69, 9.17) is 4.74 Å². The number of hydrogen-bond acceptors (Lipinski definition) is 4. The molecule has 4 rings (SSSR count). The minimum atomic E-state index is 0.356. The summed E-state index contributed by atoms with van der Waals surface area (Å²) in [4.78, 5) is 11.3. The molecule has 0 aromatic carbocycles. The number of aliphatic imine (C=N–C) groups is 1. The van der Waals surface area contributed by atoms with Gasteiger partial charge in [-0.2, -0.15) is 0 Å². The van der Waals surface area contributed by atoms with Crippen molar-refractivity contribution in [2.75, 3.05) is 20.7 Å². The third kappa shape index (κ3) is 2.54. The highest BCUT2D eigenvalue weighted by atomic mass is 32.1. The van der Waals surface area contributed by atoms with Gasteiger partial charge in [0.1, 0.15) is 0 Å². The van der Waals surface area contributed by atoms with E-state index in [9.17, 15) is 0 Å². The SMILES string of the molecule is CN=C(NC1C2CCOC2C12CCCC2)N(C)Cc1csc(C)n1. The number of rotatable bonds is 3. The van der Waals surface area contributed by atoms with Crippen LogP contribution in [0.3, 0.4) is 0 Å². The molecule has 24 heavy (non-hydrogen) atoms. The highest BCUT2D eigenvalue weighted by Gasteiger charge is 2.65. The monoisotopic (exact) mass is 348 g/mol. The summed E-state index contributed by atoms with van der Waals surface area (Å²) in [6, 6.07) is 0.519. The topological polar surface area (TPSA) is 49.8 Å². The van der Waals surface area contributed by atoms with Crippen LogP contribution in [0.5, 0.6) is 0 Å². The van der Waals surface area contributed by atoms with Crippen molar-refractivity contribution in [1.82, 2.24) is 15.2 Å². The highest BCUT2D eigenvalue weighted by molar-refractivity contribution is 7.09. The minimum absolute atomic E-state index is 0.356. The maximum Gasteiger partial charge on any atom is 0.193 e. The van der Waals surface area contributed by atoms with Crippen LogP contribution in [0.2, 0.25) is 0 Å². The summed E-state index contributed by atoms with van der Waals surface area (Å²) in [5.41, 5.74) is 1.48. The molecule has 1 N–H and O–H groups in total. The highest BCUT2D eigenvalue weighted by Crippen LogP contribution is 2.60. The van der Waals surface area contributed by atoms with Gasteiger partial charge in [0.25, 0.3) is 0 Å². The second-order valence-corrected chi connectivity index (χ2v) is 8.63. The second kappa shape index (κ2) is 6.30. The fourth-order valence-corrected chi connectivity index (χ4v) is 5.79. The number of aryl methyl sites for hydroxylation is 1. The normalized spacial score (nSPS) is 31.1. The van der Waals surface area contributed by atoms with Gasteiger partial charge in [-0.3, -0.25) is 4.99 Å². The van der Waals surface area contributed by atoms with E-state index in [1.165, 1.54) is 32.1 Å². The lowest BCUT2D eigenvalue weighted by molar-refractivity contribution is -0.125. The van der Waals surface area contributed by atoms with Crippen LogP contribution >= 0.6 is 11.3 Å². The predicted molar refractivity (Wildman–Crippen MR) is 97.3 cm³/mol. The van der Waals surface area contributed by atoms with Gasteiger partial charge < -0.3 is 15.0 Å². The van der Waals surface area contributed by atoms with Crippen LogP contribution in [0.1, 0.15) is 42.8 Å². The van der Waals surface area contributed by atoms with Gasteiger partial charge in [-0.25, -0.2) is 4.98 Å². The molecule has 2 heterocycles. The molecule has 1 spiro atoms. The first-order chi connectivity index (χ1) is 11.6. The van der Waals surface area contributed by atoms with Crippen molar-refractivity contribution in [3.63, 3.8) is 0 Å². The van der Waals surface area contributed by atoms with Gasteiger partial charge in [0, 0.05) is 43.5 Å². The largest absolute Gasteiger partial charge is 0.377 e. The third-order valence-corrected chi connectivity index (χ3v) is 7.03. The lowest BCUT2D eigenvalue weighted by Crippen LogP contribution is -2.69. The minimum Gasteiger partial charge on any atom is -0.377 e. The molecule has 3 atom stereocenters. The molecule has 1 aliphatic heterocycles. The van der Waals surface area contributed by atoms with E-state index in [0.29, 0.717) is 23.5 Å².